The molecule has 1 saturated carbocycles. The van der Waals surface area contributed by atoms with Gasteiger partial charge < -0.3 is 5.73 Å². The van der Waals surface area contributed by atoms with Crippen molar-refractivity contribution in [2.24, 2.45) is 11.7 Å². The van der Waals surface area contributed by atoms with Crippen molar-refractivity contribution in [1.29, 1.82) is 0 Å². The summed E-state index contributed by atoms with van der Waals surface area (Å²) in [6.45, 7) is 0. The van der Waals surface area contributed by atoms with E-state index in [2.05, 4.69) is 20.9 Å². The highest BCUT2D eigenvalue weighted by molar-refractivity contribution is 9.10. The van der Waals surface area contributed by atoms with Crippen LogP contribution in [0.2, 0.25) is 0 Å². The fourth-order valence-electron chi connectivity index (χ4n) is 1.46. The average molecular weight is 241 g/mol. The number of hydrogen-bond acceptors (Lipinski definition) is 2. The van der Waals surface area contributed by atoms with Crippen molar-refractivity contribution in [1.82, 2.24) is 4.98 Å². The van der Waals surface area contributed by atoms with E-state index in [9.17, 15) is 0 Å². The van der Waals surface area contributed by atoms with Gasteiger partial charge in [-0.15, -0.1) is 0 Å². The lowest BCUT2D eigenvalue weighted by atomic mass is 10.0. The van der Waals surface area contributed by atoms with Crippen molar-refractivity contribution in [3.63, 3.8) is 0 Å². The number of hydrogen-bond donors (Lipinski definition) is 1. The summed E-state index contributed by atoms with van der Waals surface area (Å²) in [5, 5.41) is 0. The van der Waals surface area contributed by atoms with Crippen LogP contribution in [0.25, 0.3) is 0 Å². The van der Waals surface area contributed by atoms with Gasteiger partial charge in [0, 0.05) is 12.2 Å². The molecule has 0 bridgehead atoms. The lowest BCUT2D eigenvalue weighted by Gasteiger charge is -2.10. The van der Waals surface area contributed by atoms with Crippen LogP contribution < -0.4 is 5.73 Å². The Morgan fingerprint density at radius 3 is 2.85 bits per heavy atom. The zero-order chi connectivity index (χ0) is 9.26. The number of halogens is 1. The summed E-state index contributed by atoms with van der Waals surface area (Å²) in [7, 11) is 0. The minimum absolute atomic E-state index is 0.174. The van der Waals surface area contributed by atoms with Gasteiger partial charge in [0.15, 0.2) is 0 Å². The van der Waals surface area contributed by atoms with Crippen LogP contribution in [0, 0.1) is 5.92 Å². The molecule has 2 rings (SSSR count). The third-order valence-electron chi connectivity index (χ3n) is 2.46. The number of rotatable bonds is 3. The molecule has 1 aromatic heterocycles. The van der Waals surface area contributed by atoms with Crippen molar-refractivity contribution in [3.8, 4) is 0 Å². The third-order valence-corrected chi connectivity index (χ3v) is 2.93. The molecule has 0 aromatic carbocycles. The van der Waals surface area contributed by atoms with Gasteiger partial charge in [-0.1, -0.05) is 18.9 Å². The Bertz CT molecular complexity index is 279. The first-order valence-electron chi connectivity index (χ1n) is 4.63. The highest BCUT2D eigenvalue weighted by atomic mass is 79.9. The minimum atomic E-state index is 0.174. The fraction of sp³-hybridized carbons (Fsp3) is 0.500. The summed E-state index contributed by atoms with van der Waals surface area (Å²) in [6, 6.07) is 4.17. The predicted molar refractivity (Wildman–Crippen MR) is 56.2 cm³/mol. The molecule has 0 saturated heterocycles. The molecule has 70 valence electrons. The Hall–Kier alpha value is -0.410. The van der Waals surface area contributed by atoms with E-state index in [1.54, 1.807) is 0 Å². The summed E-state index contributed by atoms with van der Waals surface area (Å²) < 4.78 is 0.870. The van der Waals surface area contributed by atoms with E-state index in [1.807, 2.05) is 18.3 Å². The highest BCUT2D eigenvalue weighted by Crippen LogP contribution is 2.36. The SMILES string of the molecule is N[C@H](CC1CC1)c1ccc(Br)nc1. The van der Waals surface area contributed by atoms with Crippen LogP contribution in [0.1, 0.15) is 30.9 Å². The van der Waals surface area contributed by atoms with Gasteiger partial charge in [-0.25, -0.2) is 4.98 Å². The maximum absolute atomic E-state index is 6.03. The molecule has 1 aliphatic rings. The molecule has 2 nitrogen and oxygen atoms in total. The quantitative estimate of drug-likeness (QED) is 0.826. The van der Waals surface area contributed by atoms with Crippen LogP contribution in [0.4, 0.5) is 0 Å². The number of pyridine rings is 1. The van der Waals surface area contributed by atoms with Crippen molar-refractivity contribution in [2.75, 3.05) is 0 Å². The smallest absolute Gasteiger partial charge is 0.106 e. The van der Waals surface area contributed by atoms with E-state index in [4.69, 9.17) is 5.73 Å². The normalized spacial score (nSPS) is 18.6. The van der Waals surface area contributed by atoms with Crippen LogP contribution >= 0.6 is 15.9 Å². The molecule has 1 aliphatic carbocycles. The molecule has 1 fully saturated rings. The van der Waals surface area contributed by atoms with Crippen LogP contribution in [-0.2, 0) is 0 Å². The van der Waals surface area contributed by atoms with Crippen molar-refractivity contribution < 1.29 is 0 Å². The molecule has 2 N–H and O–H groups in total. The largest absolute Gasteiger partial charge is 0.324 e. The van der Waals surface area contributed by atoms with Gasteiger partial charge in [-0.3, -0.25) is 0 Å². The molecular formula is C10H13BrN2. The van der Waals surface area contributed by atoms with Gasteiger partial charge in [0.1, 0.15) is 4.60 Å². The van der Waals surface area contributed by atoms with E-state index in [0.717, 1.165) is 22.5 Å². The zero-order valence-electron chi connectivity index (χ0n) is 7.41. The fourth-order valence-corrected chi connectivity index (χ4v) is 1.69. The topological polar surface area (TPSA) is 38.9 Å². The van der Waals surface area contributed by atoms with Gasteiger partial charge in [-0.05, 0) is 39.9 Å². The molecule has 1 atom stereocenters. The summed E-state index contributed by atoms with van der Waals surface area (Å²) in [5.41, 5.74) is 7.18. The zero-order valence-corrected chi connectivity index (χ0v) is 9.00. The second-order valence-corrected chi connectivity index (χ2v) is 4.51. The van der Waals surface area contributed by atoms with Gasteiger partial charge in [-0.2, -0.15) is 0 Å². The second kappa shape index (κ2) is 3.76. The molecule has 13 heavy (non-hydrogen) atoms. The van der Waals surface area contributed by atoms with E-state index in [0.29, 0.717) is 0 Å². The standard InChI is InChI=1S/C10H13BrN2/c11-10-4-3-8(6-13-10)9(12)5-7-1-2-7/h3-4,6-7,9H,1-2,5,12H2/t9-/m1/s1. The van der Waals surface area contributed by atoms with Crippen LogP contribution in [0.15, 0.2) is 22.9 Å². The Morgan fingerprint density at radius 2 is 2.31 bits per heavy atom. The van der Waals surface area contributed by atoms with Crippen LogP contribution in [0.3, 0.4) is 0 Å². The Kier molecular flexibility index (Phi) is 2.65. The summed E-state index contributed by atoms with van der Waals surface area (Å²) in [4.78, 5) is 4.16. The first kappa shape index (κ1) is 9.16. The van der Waals surface area contributed by atoms with Crippen molar-refractivity contribution in [3.05, 3.63) is 28.5 Å². The highest BCUT2D eigenvalue weighted by Gasteiger charge is 2.24. The van der Waals surface area contributed by atoms with Gasteiger partial charge in [0.05, 0.1) is 0 Å². The Morgan fingerprint density at radius 1 is 1.54 bits per heavy atom. The lowest BCUT2D eigenvalue weighted by Crippen LogP contribution is -2.11. The maximum Gasteiger partial charge on any atom is 0.106 e. The first-order chi connectivity index (χ1) is 6.25. The van der Waals surface area contributed by atoms with E-state index < -0.39 is 0 Å². The number of nitrogens with zero attached hydrogens (tertiary/aromatic N) is 1. The third kappa shape index (κ3) is 2.51. The molecule has 0 radical (unpaired) electrons. The van der Waals surface area contributed by atoms with Gasteiger partial charge in [0.25, 0.3) is 0 Å². The van der Waals surface area contributed by atoms with Crippen LogP contribution in [0.5, 0.6) is 0 Å². The first-order valence-corrected chi connectivity index (χ1v) is 5.42. The molecule has 1 heterocycles. The monoisotopic (exact) mass is 240 g/mol. The summed E-state index contributed by atoms with van der Waals surface area (Å²) >= 11 is 3.31. The maximum atomic E-state index is 6.03. The predicted octanol–water partition coefficient (Wildman–Crippen LogP) is 2.64. The number of nitrogens with two attached hydrogens (primary N) is 1. The second-order valence-electron chi connectivity index (χ2n) is 3.70. The van der Waals surface area contributed by atoms with Crippen molar-refractivity contribution in [2.45, 2.75) is 25.3 Å². The lowest BCUT2D eigenvalue weighted by molar-refractivity contribution is 0.595. The van der Waals surface area contributed by atoms with E-state index in [-0.39, 0.29) is 6.04 Å². The number of aromatic nitrogens is 1. The van der Waals surface area contributed by atoms with Crippen LogP contribution in [-0.4, -0.2) is 4.98 Å². The average Bonchev–Trinajstić information content (AvgIpc) is 2.89. The Labute approximate surface area is 86.7 Å². The molecule has 3 heteroatoms. The minimum Gasteiger partial charge on any atom is -0.324 e. The summed E-state index contributed by atoms with van der Waals surface area (Å²) in [5.74, 6) is 0.874. The molecule has 1 aromatic rings. The molecule has 0 amide bonds. The van der Waals surface area contributed by atoms with Gasteiger partial charge in [0.2, 0.25) is 0 Å². The van der Waals surface area contributed by atoms with Crippen molar-refractivity contribution >= 4 is 15.9 Å². The van der Waals surface area contributed by atoms with E-state index in [1.165, 1.54) is 12.8 Å². The molecular weight excluding hydrogens is 228 g/mol. The Balaban J connectivity index is 2.01. The molecule has 0 aliphatic heterocycles. The summed E-state index contributed by atoms with van der Waals surface area (Å²) in [6.07, 6.45) is 5.69. The molecule has 0 spiro atoms. The molecule has 0 unspecified atom stereocenters. The van der Waals surface area contributed by atoms with Gasteiger partial charge >= 0.3 is 0 Å². The van der Waals surface area contributed by atoms with E-state index >= 15 is 0 Å².